The van der Waals surface area contributed by atoms with Gasteiger partial charge in [0.2, 0.25) is 0 Å². The summed E-state index contributed by atoms with van der Waals surface area (Å²) in [6.07, 6.45) is 1.42. The van der Waals surface area contributed by atoms with Crippen LogP contribution >= 0.6 is 11.3 Å². The molecule has 4 aromatic rings. The molecule has 2 aromatic carbocycles. The highest BCUT2D eigenvalue weighted by Gasteiger charge is 2.16. The number of nitrogens with one attached hydrogen (secondary N) is 2. The first-order valence-electron chi connectivity index (χ1n) is 9.26. The van der Waals surface area contributed by atoms with Crippen molar-refractivity contribution in [3.05, 3.63) is 75.9 Å². The second kappa shape index (κ2) is 8.78. The van der Waals surface area contributed by atoms with Crippen LogP contribution < -0.4 is 10.6 Å². The van der Waals surface area contributed by atoms with Gasteiger partial charge in [0.15, 0.2) is 0 Å². The predicted octanol–water partition coefficient (Wildman–Crippen LogP) is 3.82. The largest absolute Gasteiger partial charge is 0.480 e. The summed E-state index contributed by atoms with van der Waals surface area (Å²) in [5.41, 5.74) is 2.40. The fourth-order valence-electron chi connectivity index (χ4n) is 3.07. The van der Waals surface area contributed by atoms with E-state index in [-0.39, 0.29) is 5.69 Å². The number of carboxylic acids is 1. The molecule has 3 N–H and O–H groups in total. The molecule has 160 valence electrons. The molecule has 0 atom stereocenters. The summed E-state index contributed by atoms with van der Waals surface area (Å²) in [7, 11) is 0. The van der Waals surface area contributed by atoms with Gasteiger partial charge in [0, 0.05) is 34.3 Å². The number of benzene rings is 2. The van der Waals surface area contributed by atoms with Gasteiger partial charge in [-0.15, -0.1) is 11.3 Å². The number of thiophene rings is 1. The molecule has 10 nitrogen and oxygen atoms in total. The second-order valence-corrected chi connectivity index (χ2v) is 7.50. The minimum atomic E-state index is -1.13. The zero-order chi connectivity index (χ0) is 22.7. The molecule has 11 heteroatoms. The molecular formula is C21H15N5O5S. The molecular weight excluding hydrogens is 434 g/mol. The number of aliphatic carboxylic acids is 1. The van der Waals surface area contributed by atoms with E-state index in [1.54, 1.807) is 36.4 Å². The van der Waals surface area contributed by atoms with Gasteiger partial charge < -0.3 is 15.7 Å². The molecule has 32 heavy (non-hydrogen) atoms. The summed E-state index contributed by atoms with van der Waals surface area (Å²) in [4.78, 5) is 42.6. The average Bonchev–Trinajstić information content (AvgIpc) is 3.23. The Hall–Kier alpha value is -4.38. The van der Waals surface area contributed by atoms with E-state index in [4.69, 9.17) is 5.11 Å². The maximum atomic E-state index is 12.0. The molecule has 1 amide bonds. The number of fused-ring (bicyclic) bond motifs is 1. The lowest BCUT2D eigenvalue weighted by Gasteiger charge is -2.09. The van der Waals surface area contributed by atoms with Crippen LogP contribution in [0.5, 0.6) is 0 Å². The summed E-state index contributed by atoms with van der Waals surface area (Å²) in [6, 6.07) is 12.8. The lowest BCUT2D eigenvalue weighted by atomic mass is 10.1. The Morgan fingerprint density at radius 2 is 1.91 bits per heavy atom. The first-order chi connectivity index (χ1) is 15.4. The van der Waals surface area contributed by atoms with Gasteiger partial charge in [-0.3, -0.25) is 19.7 Å². The Kier molecular flexibility index (Phi) is 5.73. The molecule has 0 saturated heterocycles. The quantitative estimate of drug-likeness (QED) is 0.285. The number of rotatable bonds is 7. The maximum Gasteiger partial charge on any atom is 0.322 e. The fraction of sp³-hybridized carbons (Fsp3) is 0.0476. The molecule has 0 saturated carbocycles. The minimum absolute atomic E-state index is 0.00929. The number of carbonyl (C=O) groups excluding carboxylic acids is 1. The van der Waals surface area contributed by atoms with Gasteiger partial charge in [0.25, 0.3) is 11.6 Å². The average molecular weight is 449 g/mol. The summed E-state index contributed by atoms with van der Waals surface area (Å²) < 4.78 is 0. The Labute approximate surface area is 184 Å². The number of hydrogen-bond donors (Lipinski definition) is 3. The van der Waals surface area contributed by atoms with Gasteiger partial charge in [-0.1, -0.05) is 12.1 Å². The van der Waals surface area contributed by atoms with Crippen molar-refractivity contribution in [3.8, 4) is 11.1 Å². The van der Waals surface area contributed by atoms with Gasteiger partial charge >= 0.3 is 5.97 Å². The van der Waals surface area contributed by atoms with Crippen LogP contribution in [0.3, 0.4) is 0 Å². The van der Waals surface area contributed by atoms with Crippen LogP contribution in [-0.4, -0.2) is 38.4 Å². The molecule has 0 unspecified atom stereocenters. The van der Waals surface area contributed by atoms with E-state index < -0.39 is 23.3 Å². The van der Waals surface area contributed by atoms with E-state index in [1.807, 2.05) is 5.38 Å². The number of hydrogen-bond acceptors (Lipinski definition) is 8. The van der Waals surface area contributed by atoms with Crippen molar-refractivity contribution in [1.29, 1.82) is 0 Å². The van der Waals surface area contributed by atoms with Crippen LogP contribution in [0.2, 0.25) is 0 Å². The highest BCUT2D eigenvalue weighted by atomic mass is 32.1. The summed E-state index contributed by atoms with van der Waals surface area (Å²) in [5.74, 6) is -1.10. The van der Waals surface area contributed by atoms with E-state index in [9.17, 15) is 19.7 Å². The fourth-order valence-corrected chi connectivity index (χ4v) is 3.98. The summed E-state index contributed by atoms with van der Waals surface area (Å²) >= 11 is 1.40. The first kappa shape index (κ1) is 20.9. The molecule has 0 spiro atoms. The number of nitro groups is 1. The van der Waals surface area contributed by atoms with E-state index in [0.29, 0.717) is 27.5 Å². The highest BCUT2D eigenvalue weighted by molar-refractivity contribution is 7.17. The lowest BCUT2D eigenvalue weighted by molar-refractivity contribution is -0.384. The first-order valence-corrected chi connectivity index (χ1v) is 10.1. The third-order valence-corrected chi connectivity index (χ3v) is 5.43. The normalized spacial score (nSPS) is 10.6. The standard InChI is InChI=1S/C21H15N5O5S/c27-17(28)9-22-20(29)12-4-6-14(7-5-12)25-19-18-16(10-32-21(18)24-11-23-19)13-2-1-3-15(8-13)26(30)31/h1-8,10-11H,9H2,(H,22,29)(H,27,28)(H,23,24,25). The van der Waals surface area contributed by atoms with E-state index >= 15 is 0 Å². The van der Waals surface area contributed by atoms with Crippen LogP contribution in [0.1, 0.15) is 10.4 Å². The van der Waals surface area contributed by atoms with Gasteiger partial charge in [0.05, 0.1) is 10.3 Å². The maximum absolute atomic E-state index is 12.0. The van der Waals surface area contributed by atoms with Crippen molar-refractivity contribution in [2.45, 2.75) is 0 Å². The number of non-ortho nitro benzene ring substituents is 1. The van der Waals surface area contributed by atoms with Crippen molar-refractivity contribution >= 4 is 50.6 Å². The van der Waals surface area contributed by atoms with Gasteiger partial charge in [-0.05, 0) is 29.8 Å². The highest BCUT2D eigenvalue weighted by Crippen LogP contribution is 2.38. The molecule has 2 heterocycles. The van der Waals surface area contributed by atoms with Crippen LogP contribution in [0, 0.1) is 10.1 Å². The topological polar surface area (TPSA) is 147 Å². The zero-order valence-electron chi connectivity index (χ0n) is 16.3. The summed E-state index contributed by atoms with van der Waals surface area (Å²) in [6.45, 7) is -0.462. The van der Waals surface area contributed by atoms with E-state index in [2.05, 4.69) is 20.6 Å². The number of nitro benzene ring substituents is 1. The number of carboxylic acid groups (broad SMARTS) is 1. The predicted molar refractivity (Wildman–Crippen MR) is 119 cm³/mol. The SMILES string of the molecule is O=C(O)CNC(=O)c1ccc(Nc2ncnc3scc(-c4cccc([N+](=O)[O-])c4)c23)cc1. The molecule has 0 aliphatic heterocycles. The number of carbonyl (C=O) groups is 2. The van der Waals surface area contributed by atoms with Crippen LogP contribution in [0.15, 0.2) is 60.2 Å². The second-order valence-electron chi connectivity index (χ2n) is 6.64. The van der Waals surface area contributed by atoms with Crippen LogP contribution in [0.4, 0.5) is 17.2 Å². The molecule has 0 fully saturated rings. The molecule has 0 bridgehead atoms. The van der Waals surface area contributed by atoms with Gasteiger partial charge in [-0.2, -0.15) is 0 Å². The minimum Gasteiger partial charge on any atom is -0.480 e. The number of aromatic nitrogens is 2. The Morgan fingerprint density at radius 1 is 1.12 bits per heavy atom. The van der Waals surface area contributed by atoms with Crippen molar-refractivity contribution in [3.63, 3.8) is 0 Å². The Morgan fingerprint density at radius 3 is 2.62 bits per heavy atom. The third kappa shape index (κ3) is 4.37. The molecule has 4 rings (SSSR count). The molecule has 0 aliphatic rings. The van der Waals surface area contributed by atoms with Gasteiger partial charge in [0.1, 0.15) is 23.5 Å². The van der Waals surface area contributed by atoms with Crippen molar-refractivity contribution in [2.75, 3.05) is 11.9 Å². The summed E-state index contributed by atoms with van der Waals surface area (Å²) in [5, 5.41) is 27.9. The van der Waals surface area contributed by atoms with Gasteiger partial charge in [-0.25, -0.2) is 9.97 Å². The lowest BCUT2D eigenvalue weighted by Crippen LogP contribution is -2.29. The van der Waals surface area contributed by atoms with Crippen LogP contribution in [0.25, 0.3) is 21.3 Å². The molecule has 0 aliphatic carbocycles. The van der Waals surface area contributed by atoms with E-state index in [1.165, 1.54) is 29.8 Å². The number of amides is 1. The molecule has 2 aromatic heterocycles. The monoisotopic (exact) mass is 449 g/mol. The van der Waals surface area contributed by atoms with Crippen LogP contribution in [-0.2, 0) is 4.79 Å². The van der Waals surface area contributed by atoms with E-state index in [0.717, 1.165) is 10.9 Å². The Balaban J connectivity index is 1.64. The smallest absolute Gasteiger partial charge is 0.322 e. The number of anilines is 2. The number of nitrogens with zero attached hydrogens (tertiary/aromatic N) is 3. The van der Waals surface area contributed by atoms with Crippen molar-refractivity contribution in [1.82, 2.24) is 15.3 Å². The third-order valence-electron chi connectivity index (χ3n) is 4.55. The Bertz CT molecular complexity index is 1340. The van der Waals surface area contributed by atoms with Crippen molar-refractivity contribution < 1.29 is 19.6 Å². The van der Waals surface area contributed by atoms with Crippen molar-refractivity contribution in [2.24, 2.45) is 0 Å². The zero-order valence-corrected chi connectivity index (χ0v) is 17.1. The molecule has 0 radical (unpaired) electrons.